The molecular weight excluding hydrogens is 195 g/mol. The maximum atomic E-state index is 12.6. The maximum absolute atomic E-state index is 12.6. The van der Waals surface area contributed by atoms with Crippen molar-refractivity contribution in [1.82, 2.24) is 4.98 Å². The van der Waals surface area contributed by atoms with Crippen LogP contribution in [-0.4, -0.2) is 23.5 Å². The number of nitrogens with zero attached hydrogens (tertiary/aromatic N) is 2. The first-order valence-corrected chi connectivity index (χ1v) is 4.99. The summed E-state index contributed by atoms with van der Waals surface area (Å²) < 4.78 is 18.1. The summed E-state index contributed by atoms with van der Waals surface area (Å²) in [5, 5.41) is 0. The molecule has 2 heterocycles. The molecule has 1 unspecified atom stereocenters. The molecule has 1 aliphatic heterocycles. The molecule has 1 aromatic rings. The van der Waals surface area contributed by atoms with Crippen molar-refractivity contribution in [3.8, 4) is 0 Å². The van der Waals surface area contributed by atoms with E-state index in [-0.39, 0.29) is 11.9 Å². The van der Waals surface area contributed by atoms with Gasteiger partial charge < -0.3 is 4.74 Å². The Morgan fingerprint density at radius 1 is 1.47 bits per heavy atom. The number of hydrogen-bond donors (Lipinski definition) is 0. The predicted molar refractivity (Wildman–Crippen MR) is 55.3 cm³/mol. The number of pyridine rings is 1. The van der Waals surface area contributed by atoms with Gasteiger partial charge in [0.25, 0.3) is 0 Å². The van der Waals surface area contributed by atoms with Crippen LogP contribution in [0.2, 0.25) is 0 Å². The first-order chi connectivity index (χ1) is 7.16. The smallest absolute Gasteiger partial charge is 0.235 e. The Bertz CT molecular complexity index is 373. The molecule has 0 radical (unpaired) electrons. The van der Waals surface area contributed by atoms with E-state index < -0.39 is 0 Å². The molecule has 2 rings (SSSR count). The van der Waals surface area contributed by atoms with Crippen LogP contribution < -0.4 is 0 Å². The van der Waals surface area contributed by atoms with Crippen LogP contribution in [0.15, 0.2) is 23.3 Å². The predicted octanol–water partition coefficient (Wildman–Crippen LogP) is 2.02. The summed E-state index contributed by atoms with van der Waals surface area (Å²) >= 11 is 0. The first kappa shape index (κ1) is 10.1. The zero-order valence-electron chi connectivity index (χ0n) is 8.77. The van der Waals surface area contributed by atoms with E-state index in [9.17, 15) is 4.39 Å². The van der Waals surface area contributed by atoms with Crippen LogP contribution in [0, 0.1) is 11.7 Å². The number of rotatable bonds is 2. The number of aromatic nitrogens is 1. The normalized spacial score (nSPS) is 20.3. The molecule has 80 valence electrons. The van der Waals surface area contributed by atoms with Crippen LogP contribution >= 0.6 is 0 Å². The minimum Gasteiger partial charge on any atom is -0.474 e. The molecule has 0 bridgehead atoms. The Morgan fingerprint density at radius 3 is 2.80 bits per heavy atom. The van der Waals surface area contributed by atoms with E-state index in [2.05, 4.69) is 23.8 Å². The quantitative estimate of drug-likeness (QED) is 0.745. The maximum Gasteiger partial charge on any atom is 0.235 e. The Morgan fingerprint density at radius 2 is 2.27 bits per heavy atom. The Labute approximate surface area is 88.0 Å². The van der Waals surface area contributed by atoms with Crippen LogP contribution in [0.5, 0.6) is 0 Å². The van der Waals surface area contributed by atoms with Crippen molar-refractivity contribution in [2.75, 3.05) is 6.61 Å². The second-order valence-electron chi connectivity index (χ2n) is 3.92. The van der Waals surface area contributed by atoms with Crippen molar-refractivity contribution >= 4 is 5.90 Å². The molecule has 0 aromatic carbocycles. The summed E-state index contributed by atoms with van der Waals surface area (Å²) in [6.45, 7) is 4.78. The average Bonchev–Trinajstić information content (AvgIpc) is 2.68. The lowest BCUT2D eigenvalue weighted by Gasteiger charge is -2.06. The van der Waals surface area contributed by atoms with E-state index in [1.165, 1.54) is 12.3 Å². The van der Waals surface area contributed by atoms with E-state index in [1.807, 2.05) is 0 Å². The van der Waals surface area contributed by atoms with Gasteiger partial charge in [-0.25, -0.2) is 14.4 Å². The molecule has 1 atom stereocenters. The van der Waals surface area contributed by atoms with Gasteiger partial charge in [-0.1, -0.05) is 13.8 Å². The Balaban J connectivity index is 2.19. The van der Waals surface area contributed by atoms with Gasteiger partial charge >= 0.3 is 0 Å². The number of aliphatic imine (C=N–C) groups is 1. The molecule has 0 saturated carbocycles. The second kappa shape index (κ2) is 3.96. The molecule has 0 amide bonds. The van der Waals surface area contributed by atoms with Crippen LogP contribution in [0.1, 0.15) is 19.5 Å². The van der Waals surface area contributed by atoms with Gasteiger partial charge in [0, 0.05) is 0 Å². The van der Waals surface area contributed by atoms with Gasteiger partial charge in [0.05, 0.1) is 12.2 Å². The van der Waals surface area contributed by atoms with Crippen molar-refractivity contribution in [2.24, 2.45) is 10.9 Å². The first-order valence-electron chi connectivity index (χ1n) is 4.99. The highest BCUT2D eigenvalue weighted by molar-refractivity contribution is 5.93. The fourth-order valence-corrected chi connectivity index (χ4v) is 1.37. The van der Waals surface area contributed by atoms with Crippen LogP contribution in [-0.2, 0) is 4.74 Å². The van der Waals surface area contributed by atoms with Crippen LogP contribution in [0.3, 0.4) is 0 Å². The Kier molecular flexibility index (Phi) is 2.66. The van der Waals surface area contributed by atoms with Crippen LogP contribution in [0.25, 0.3) is 0 Å². The monoisotopic (exact) mass is 208 g/mol. The minimum atomic E-state index is -0.349. The van der Waals surface area contributed by atoms with E-state index in [4.69, 9.17) is 4.74 Å². The second-order valence-corrected chi connectivity index (χ2v) is 3.92. The lowest BCUT2D eigenvalue weighted by Crippen LogP contribution is -2.13. The molecule has 3 nitrogen and oxygen atoms in total. The summed E-state index contributed by atoms with van der Waals surface area (Å²) in [6, 6.07) is 3.13. The molecule has 15 heavy (non-hydrogen) atoms. The third kappa shape index (κ3) is 2.14. The zero-order valence-corrected chi connectivity index (χ0v) is 8.77. The third-order valence-corrected chi connectivity index (χ3v) is 2.39. The van der Waals surface area contributed by atoms with Crippen molar-refractivity contribution in [3.63, 3.8) is 0 Å². The molecule has 1 aliphatic rings. The Hall–Kier alpha value is -1.45. The highest BCUT2D eigenvalue weighted by Gasteiger charge is 2.23. The summed E-state index contributed by atoms with van der Waals surface area (Å²) in [4.78, 5) is 8.32. The highest BCUT2D eigenvalue weighted by atomic mass is 19.1. The van der Waals surface area contributed by atoms with Crippen LogP contribution in [0.4, 0.5) is 4.39 Å². The standard InChI is InChI=1S/C11H13FN2O/c1-7(2)10-6-15-11(14-10)9-4-3-8(12)5-13-9/h3-5,7,10H,6H2,1-2H3. The average molecular weight is 208 g/mol. The topological polar surface area (TPSA) is 34.5 Å². The molecule has 0 saturated heterocycles. The van der Waals surface area contributed by atoms with Gasteiger partial charge in [-0.15, -0.1) is 0 Å². The zero-order chi connectivity index (χ0) is 10.8. The molecule has 0 spiro atoms. The molecule has 4 heteroatoms. The van der Waals surface area contributed by atoms with Gasteiger partial charge in [0.15, 0.2) is 0 Å². The minimum absolute atomic E-state index is 0.187. The summed E-state index contributed by atoms with van der Waals surface area (Å²) in [6.07, 6.45) is 1.17. The van der Waals surface area contributed by atoms with E-state index >= 15 is 0 Å². The number of ether oxygens (including phenoxy) is 1. The molecule has 0 fully saturated rings. The van der Waals surface area contributed by atoms with E-state index in [0.717, 1.165) is 0 Å². The summed E-state index contributed by atoms with van der Waals surface area (Å²) in [5.74, 6) is 0.620. The van der Waals surface area contributed by atoms with Gasteiger partial charge in [0.1, 0.15) is 18.1 Å². The SMILES string of the molecule is CC(C)C1COC(c2ccc(F)cn2)=N1. The largest absolute Gasteiger partial charge is 0.474 e. The lowest BCUT2D eigenvalue weighted by molar-refractivity contribution is 0.291. The fourth-order valence-electron chi connectivity index (χ4n) is 1.37. The van der Waals surface area contributed by atoms with Gasteiger partial charge in [0.2, 0.25) is 5.90 Å². The van der Waals surface area contributed by atoms with E-state index in [1.54, 1.807) is 6.07 Å². The van der Waals surface area contributed by atoms with Gasteiger partial charge in [-0.05, 0) is 18.1 Å². The summed E-state index contributed by atoms with van der Waals surface area (Å²) in [7, 11) is 0. The van der Waals surface area contributed by atoms with Crippen molar-refractivity contribution in [2.45, 2.75) is 19.9 Å². The number of hydrogen-bond acceptors (Lipinski definition) is 3. The highest BCUT2D eigenvalue weighted by Crippen LogP contribution is 2.16. The fraction of sp³-hybridized carbons (Fsp3) is 0.455. The summed E-state index contributed by atoms with van der Waals surface area (Å²) in [5.41, 5.74) is 0.597. The lowest BCUT2D eigenvalue weighted by atomic mass is 10.1. The van der Waals surface area contributed by atoms with Crippen molar-refractivity contribution < 1.29 is 9.13 Å². The third-order valence-electron chi connectivity index (χ3n) is 2.39. The van der Waals surface area contributed by atoms with Gasteiger partial charge in [-0.2, -0.15) is 0 Å². The van der Waals surface area contributed by atoms with E-state index in [0.29, 0.717) is 24.1 Å². The van der Waals surface area contributed by atoms with Crippen molar-refractivity contribution in [1.29, 1.82) is 0 Å². The van der Waals surface area contributed by atoms with Crippen molar-refractivity contribution in [3.05, 3.63) is 29.8 Å². The van der Waals surface area contributed by atoms with Gasteiger partial charge in [-0.3, -0.25) is 0 Å². The molecule has 1 aromatic heterocycles. The number of halogens is 1. The molecule has 0 aliphatic carbocycles. The molecule has 0 N–H and O–H groups in total. The molecular formula is C11H13FN2O.